The molecule has 17 heavy (non-hydrogen) atoms. The highest BCUT2D eigenvalue weighted by molar-refractivity contribution is 5.87. The minimum Gasteiger partial charge on any atom is -0.464 e. The van der Waals surface area contributed by atoms with E-state index in [0.717, 1.165) is 4.57 Å². The highest BCUT2D eigenvalue weighted by Crippen LogP contribution is 2.26. The summed E-state index contributed by atoms with van der Waals surface area (Å²) in [5, 5.41) is 9.21. The Kier molecular flexibility index (Phi) is 2.41. The Morgan fingerprint density at radius 2 is 2.06 bits per heavy atom. The lowest BCUT2D eigenvalue weighted by molar-refractivity contribution is 0.195. The number of fused-ring (bicyclic) bond motifs is 1. The van der Waals surface area contributed by atoms with Crippen LogP contribution < -0.4 is 0 Å². The predicted octanol–water partition coefficient (Wildman–Crippen LogP) is 3.00. The first-order valence-corrected chi connectivity index (χ1v) is 5.22. The first-order valence-electron chi connectivity index (χ1n) is 5.22. The lowest BCUT2D eigenvalue weighted by Crippen LogP contribution is -2.22. The van der Waals surface area contributed by atoms with Crippen LogP contribution in [0.1, 0.15) is 26.6 Å². The van der Waals surface area contributed by atoms with Gasteiger partial charge in [0.2, 0.25) is 0 Å². The third-order valence-corrected chi connectivity index (χ3v) is 2.48. The molecular weight excluding hydrogens is 223 g/mol. The van der Waals surface area contributed by atoms with Gasteiger partial charge in [-0.05, 0) is 12.1 Å². The van der Waals surface area contributed by atoms with Gasteiger partial charge in [-0.1, -0.05) is 20.8 Å². The van der Waals surface area contributed by atoms with Crippen molar-refractivity contribution < 1.29 is 14.3 Å². The Morgan fingerprint density at radius 1 is 1.41 bits per heavy atom. The van der Waals surface area contributed by atoms with Gasteiger partial charge in [0.05, 0.1) is 11.0 Å². The van der Waals surface area contributed by atoms with Crippen molar-refractivity contribution in [3.05, 3.63) is 29.8 Å². The number of imidazole rings is 1. The second-order valence-corrected chi connectivity index (χ2v) is 4.94. The van der Waals surface area contributed by atoms with Crippen LogP contribution >= 0.6 is 0 Å². The van der Waals surface area contributed by atoms with Crippen LogP contribution in [-0.4, -0.2) is 20.8 Å². The second-order valence-electron chi connectivity index (χ2n) is 4.94. The standard InChI is InChI=1S/C12H13FN2O2/c1-12(2,3)10-14-8-5-4-7(13)6-9(8)15(10)11(16)17/h4-6H,1-3H3,(H,16,17). The van der Waals surface area contributed by atoms with E-state index in [0.29, 0.717) is 11.3 Å². The molecule has 0 saturated heterocycles. The van der Waals surface area contributed by atoms with Gasteiger partial charge < -0.3 is 5.11 Å². The minimum absolute atomic E-state index is 0.280. The summed E-state index contributed by atoms with van der Waals surface area (Å²) in [5.74, 6) is -0.0639. The normalized spacial score (nSPS) is 12.0. The minimum atomic E-state index is -1.15. The van der Waals surface area contributed by atoms with Gasteiger partial charge in [-0.3, -0.25) is 0 Å². The van der Waals surface area contributed by atoms with E-state index in [1.54, 1.807) is 0 Å². The maximum Gasteiger partial charge on any atom is 0.417 e. The van der Waals surface area contributed by atoms with E-state index >= 15 is 0 Å². The molecule has 2 rings (SSSR count). The largest absolute Gasteiger partial charge is 0.464 e. The van der Waals surface area contributed by atoms with Crippen molar-refractivity contribution in [1.82, 2.24) is 9.55 Å². The van der Waals surface area contributed by atoms with Gasteiger partial charge in [-0.25, -0.2) is 18.7 Å². The zero-order valence-electron chi connectivity index (χ0n) is 9.86. The van der Waals surface area contributed by atoms with E-state index in [4.69, 9.17) is 0 Å². The molecule has 0 unspecified atom stereocenters. The molecule has 2 aromatic rings. The molecular formula is C12H13FN2O2. The Hall–Kier alpha value is -1.91. The maximum atomic E-state index is 13.2. The predicted molar refractivity (Wildman–Crippen MR) is 61.8 cm³/mol. The van der Waals surface area contributed by atoms with Crippen molar-refractivity contribution in [2.75, 3.05) is 0 Å². The van der Waals surface area contributed by atoms with Crippen LogP contribution in [0.15, 0.2) is 18.2 Å². The summed E-state index contributed by atoms with van der Waals surface area (Å²) in [6.45, 7) is 5.60. The summed E-state index contributed by atoms with van der Waals surface area (Å²) in [6, 6.07) is 3.94. The molecule has 0 fully saturated rings. The van der Waals surface area contributed by atoms with Crippen LogP contribution in [0.2, 0.25) is 0 Å². The number of nitrogens with zero attached hydrogens (tertiary/aromatic N) is 2. The molecule has 0 bridgehead atoms. The fourth-order valence-corrected chi connectivity index (χ4v) is 1.75. The lowest BCUT2D eigenvalue weighted by Gasteiger charge is -2.17. The third-order valence-electron chi connectivity index (χ3n) is 2.48. The maximum absolute atomic E-state index is 13.2. The molecule has 0 aliphatic carbocycles. The van der Waals surface area contributed by atoms with Crippen molar-refractivity contribution in [3.63, 3.8) is 0 Å². The molecule has 1 heterocycles. The van der Waals surface area contributed by atoms with E-state index < -0.39 is 17.3 Å². The number of halogens is 1. The number of hydrogen-bond donors (Lipinski definition) is 1. The third kappa shape index (κ3) is 1.88. The summed E-state index contributed by atoms with van der Waals surface area (Å²) in [5.41, 5.74) is 0.342. The molecule has 0 atom stereocenters. The van der Waals surface area contributed by atoms with Crippen LogP contribution in [0.25, 0.3) is 11.0 Å². The van der Waals surface area contributed by atoms with Crippen molar-refractivity contribution in [3.8, 4) is 0 Å². The average molecular weight is 236 g/mol. The molecule has 1 aromatic heterocycles. The average Bonchev–Trinajstić information content (AvgIpc) is 2.55. The van der Waals surface area contributed by atoms with Gasteiger partial charge >= 0.3 is 6.09 Å². The Morgan fingerprint density at radius 3 is 2.59 bits per heavy atom. The number of carboxylic acid groups (broad SMARTS) is 1. The Labute approximate surface area is 97.7 Å². The topological polar surface area (TPSA) is 55.1 Å². The Balaban J connectivity index is 2.86. The van der Waals surface area contributed by atoms with E-state index in [1.165, 1.54) is 18.2 Å². The van der Waals surface area contributed by atoms with Gasteiger partial charge in [0.25, 0.3) is 0 Å². The van der Waals surface area contributed by atoms with Gasteiger partial charge in [0.1, 0.15) is 11.6 Å². The molecule has 0 aliphatic rings. The number of rotatable bonds is 0. The fourth-order valence-electron chi connectivity index (χ4n) is 1.75. The summed E-state index contributed by atoms with van der Waals surface area (Å²) in [4.78, 5) is 15.5. The molecule has 1 aromatic carbocycles. The van der Waals surface area contributed by atoms with Crippen LogP contribution in [-0.2, 0) is 5.41 Å². The van der Waals surface area contributed by atoms with Crippen LogP contribution in [0, 0.1) is 5.82 Å². The summed E-state index contributed by atoms with van der Waals surface area (Å²) < 4.78 is 14.2. The summed E-state index contributed by atoms with van der Waals surface area (Å²) in [7, 11) is 0. The van der Waals surface area contributed by atoms with Gasteiger partial charge in [-0.15, -0.1) is 0 Å². The number of carbonyl (C=O) groups is 1. The van der Waals surface area contributed by atoms with E-state index in [9.17, 15) is 14.3 Å². The van der Waals surface area contributed by atoms with Crippen LogP contribution in [0.4, 0.5) is 9.18 Å². The van der Waals surface area contributed by atoms with Gasteiger partial charge in [0.15, 0.2) is 0 Å². The zero-order valence-corrected chi connectivity index (χ0v) is 9.86. The van der Waals surface area contributed by atoms with Crippen molar-refractivity contribution in [2.24, 2.45) is 0 Å². The summed E-state index contributed by atoms with van der Waals surface area (Å²) >= 11 is 0. The monoisotopic (exact) mass is 236 g/mol. The Bertz CT molecular complexity index is 596. The summed E-state index contributed by atoms with van der Waals surface area (Å²) in [6.07, 6.45) is -1.15. The van der Waals surface area contributed by atoms with Crippen molar-refractivity contribution >= 4 is 17.1 Å². The SMILES string of the molecule is CC(C)(C)c1nc2ccc(F)cc2n1C(=O)O. The molecule has 0 amide bonds. The molecule has 0 saturated carbocycles. The van der Waals surface area contributed by atoms with Gasteiger partial charge in [0, 0.05) is 11.5 Å². The zero-order chi connectivity index (χ0) is 12.8. The molecule has 4 nitrogen and oxygen atoms in total. The molecule has 0 radical (unpaired) electrons. The fraction of sp³-hybridized carbons (Fsp3) is 0.333. The number of aromatic nitrogens is 2. The van der Waals surface area contributed by atoms with Crippen molar-refractivity contribution in [1.29, 1.82) is 0 Å². The number of benzene rings is 1. The van der Waals surface area contributed by atoms with Crippen LogP contribution in [0.5, 0.6) is 0 Å². The molecule has 90 valence electrons. The molecule has 0 spiro atoms. The smallest absolute Gasteiger partial charge is 0.417 e. The molecule has 1 N–H and O–H groups in total. The highest BCUT2D eigenvalue weighted by Gasteiger charge is 2.26. The van der Waals surface area contributed by atoms with Crippen molar-refractivity contribution in [2.45, 2.75) is 26.2 Å². The van der Waals surface area contributed by atoms with E-state index in [-0.39, 0.29) is 5.52 Å². The van der Waals surface area contributed by atoms with Gasteiger partial charge in [-0.2, -0.15) is 0 Å². The highest BCUT2D eigenvalue weighted by atomic mass is 19.1. The van der Waals surface area contributed by atoms with Crippen LogP contribution in [0.3, 0.4) is 0 Å². The lowest BCUT2D eigenvalue weighted by atomic mass is 9.96. The molecule has 5 heteroatoms. The van der Waals surface area contributed by atoms with E-state index in [1.807, 2.05) is 20.8 Å². The number of hydrogen-bond acceptors (Lipinski definition) is 2. The first kappa shape index (κ1) is 11.6. The quantitative estimate of drug-likeness (QED) is 0.765. The first-order chi connectivity index (χ1) is 7.80. The molecule has 0 aliphatic heterocycles. The van der Waals surface area contributed by atoms with E-state index in [2.05, 4.69) is 4.98 Å². The second kappa shape index (κ2) is 3.55.